The first-order valence-corrected chi connectivity index (χ1v) is 6.21. The van der Waals surface area contributed by atoms with Gasteiger partial charge in [0.2, 0.25) is 0 Å². The normalized spacial score (nSPS) is 10.2. The SMILES string of the molecule is O=c1ccc(-c2ccccc2Oc2ccccc2)n[nH]1. The number of aromatic nitrogens is 2. The van der Waals surface area contributed by atoms with Crippen LogP contribution in [0.2, 0.25) is 0 Å². The van der Waals surface area contributed by atoms with Gasteiger partial charge >= 0.3 is 0 Å². The Bertz CT molecular complexity index is 746. The largest absolute Gasteiger partial charge is 0.457 e. The minimum atomic E-state index is -0.227. The van der Waals surface area contributed by atoms with Crippen LogP contribution in [-0.2, 0) is 0 Å². The van der Waals surface area contributed by atoms with E-state index in [1.807, 2.05) is 54.6 Å². The average molecular weight is 264 g/mol. The number of benzene rings is 2. The maximum Gasteiger partial charge on any atom is 0.264 e. The highest BCUT2D eigenvalue weighted by molar-refractivity contribution is 5.67. The van der Waals surface area contributed by atoms with Gasteiger partial charge in [0.1, 0.15) is 11.5 Å². The molecule has 2 aromatic carbocycles. The molecule has 0 unspecified atom stereocenters. The van der Waals surface area contributed by atoms with Crippen molar-refractivity contribution >= 4 is 0 Å². The summed E-state index contributed by atoms with van der Waals surface area (Å²) in [4.78, 5) is 11.1. The number of H-pyrrole nitrogens is 1. The van der Waals surface area contributed by atoms with Crippen LogP contribution < -0.4 is 10.3 Å². The molecule has 0 saturated heterocycles. The quantitative estimate of drug-likeness (QED) is 0.790. The predicted octanol–water partition coefficient (Wildman–Crippen LogP) is 3.23. The number of nitrogens with zero attached hydrogens (tertiary/aromatic N) is 1. The molecule has 98 valence electrons. The van der Waals surface area contributed by atoms with Gasteiger partial charge in [-0.05, 0) is 30.3 Å². The summed E-state index contributed by atoms with van der Waals surface area (Å²) in [6.45, 7) is 0. The zero-order valence-electron chi connectivity index (χ0n) is 10.6. The van der Waals surface area contributed by atoms with Crippen molar-refractivity contribution in [2.24, 2.45) is 0 Å². The van der Waals surface area contributed by atoms with Crippen molar-refractivity contribution in [3.63, 3.8) is 0 Å². The Hall–Kier alpha value is -2.88. The van der Waals surface area contributed by atoms with Crippen molar-refractivity contribution in [1.82, 2.24) is 10.2 Å². The van der Waals surface area contributed by atoms with Crippen molar-refractivity contribution in [2.75, 3.05) is 0 Å². The van der Waals surface area contributed by atoms with Gasteiger partial charge in [-0.15, -0.1) is 0 Å². The molecule has 0 spiro atoms. The number of hydrogen-bond donors (Lipinski definition) is 1. The highest BCUT2D eigenvalue weighted by Gasteiger charge is 2.08. The molecule has 3 rings (SSSR count). The van der Waals surface area contributed by atoms with Gasteiger partial charge in [0, 0.05) is 11.6 Å². The summed E-state index contributed by atoms with van der Waals surface area (Å²) in [7, 11) is 0. The molecule has 0 bridgehead atoms. The van der Waals surface area contributed by atoms with Crippen LogP contribution >= 0.6 is 0 Å². The fourth-order valence-electron chi connectivity index (χ4n) is 1.88. The predicted molar refractivity (Wildman–Crippen MR) is 76.8 cm³/mol. The Morgan fingerprint density at radius 3 is 2.35 bits per heavy atom. The van der Waals surface area contributed by atoms with Crippen LogP contribution in [-0.4, -0.2) is 10.2 Å². The Morgan fingerprint density at radius 1 is 0.850 bits per heavy atom. The summed E-state index contributed by atoms with van der Waals surface area (Å²) in [5, 5.41) is 6.46. The second-order valence-corrected chi connectivity index (χ2v) is 4.22. The second kappa shape index (κ2) is 5.40. The molecule has 4 heteroatoms. The van der Waals surface area contributed by atoms with E-state index in [0.717, 1.165) is 11.3 Å². The molecule has 0 radical (unpaired) electrons. The molecule has 3 aromatic rings. The lowest BCUT2D eigenvalue weighted by atomic mass is 10.1. The molecule has 0 aliphatic heterocycles. The molecule has 0 saturated carbocycles. The number of ether oxygens (including phenoxy) is 1. The zero-order chi connectivity index (χ0) is 13.8. The number of rotatable bonds is 3. The summed E-state index contributed by atoms with van der Waals surface area (Å²) in [6.07, 6.45) is 0. The van der Waals surface area contributed by atoms with Crippen molar-refractivity contribution in [2.45, 2.75) is 0 Å². The van der Waals surface area contributed by atoms with Crippen LogP contribution in [0.1, 0.15) is 0 Å². The van der Waals surface area contributed by atoms with Gasteiger partial charge in [-0.1, -0.05) is 30.3 Å². The van der Waals surface area contributed by atoms with Crippen LogP contribution in [0, 0.1) is 0 Å². The van der Waals surface area contributed by atoms with Gasteiger partial charge in [-0.25, -0.2) is 5.10 Å². The van der Waals surface area contributed by atoms with Crippen LogP contribution in [0.25, 0.3) is 11.3 Å². The highest BCUT2D eigenvalue weighted by atomic mass is 16.5. The van der Waals surface area contributed by atoms with E-state index < -0.39 is 0 Å². The minimum absolute atomic E-state index is 0.227. The third kappa shape index (κ3) is 2.59. The fraction of sp³-hybridized carbons (Fsp3) is 0. The van der Waals surface area contributed by atoms with Gasteiger partial charge in [-0.3, -0.25) is 4.79 Å². The van der Waals surface area contributed by atoms with E-state index in [9.17, 15) is 4.79 Å². The lowest BCUT2D eigenvalue weighted by Crippen LogP contribution is -2.05. The first-order valence-electron chi connectivity index (χ1n) is 6.21. The standard InChI is InChI=1S/C16H12N2O2/c19-16-11-10-14(17-18-16)13-8-4-5-9-15(13)20-12-6-2-1-3-7-12/h1-11H,(H,18,19). The second-order valence-electron chi connectivity index (χ2n) is 4.22. The minimum Gasteiger partial charge on any atom is -0.457 e. The molecular weight excluding hydrogens is 252 g/mol. The Kier molecular flexibility index (Phi) is 3.29. The maximum atomic E-state index is 11.1. The molecule has 1 aromatic heterocycles. The van der Waals surface area contributed by atoms with Gasteiger partial charge in [0.05, 0.1) is 5.69 Å². The van der Waals surface area contributed by atoms with Crippen molar-refractivity contribution < 1.29 is 4.74 Å². The molecule has 0 atom stereocenters. The van der Waals surface area contributed by atoms with E-state index in [1.165, 1.54) is 6.07 Å². The monoisotopic (exact) mass is 264 g/mol. The molecule has 0 fully saturated rings. The summed E-state index contributed by atoms with van der Waals surface area (Å²) >= 11 is 0. The summed E-state index contributed by atoms with van der Waals surface area (Å²) in [5.41, 5.74) is 1.26. The Labute approximate surface area is 115 Å². The van der Waals surface area contributed by atoms with E-state index in [2.05, 4.69) is 10.2 Å². The first kappa shape index (κ1) is 12.2. The number of para-hydroxylation sites is 2. The highest BCUT2D eigenvalue weighted by Crippen LogP contribution is 2.31. The van der Waals surface area contributed by atoms with Gasteiger partial charge in [0.15, 0.2) is 0 Å². The first-order chi connectivity index (χ1) is 9.83. The number of aromatic amines is 1. The van der Waals surface area contributed by atoms with Gasteiger partial charge in [-0.2, -0.15) is 5.10 Å². The molecule has 0 aliphatic rings. The lowest BCUT2D eigenvalue weighted by Gasteiger charge is -2.10. The number of hydrogen-bond acceptors (Lipinski definition) is 3. The topological polar surface area (TPSA) is 55.0 Å². The van der Waals surface area contributed by atoms with Crippen LogP contribution in [0.5, 0.6) is 11.5 Å². The summed E-state index contributed by atoms with van der Waals surface area (Å²) < 4.78 is 5.86. The van der Waals surface area contributed by atoms with E-state index in [1.54, 1.807) is 6.07 Å². The molecule has 1 N–H and O–H groups in total. The third-order valence-electron chi connectivity index (χ3n) is 2.81. The van der Waals surface area contributed by atoms with E-state index in [0.29, 0.717) is 11.4 Å². The Morgan fingerprint density at radius 2 is 1.60 bits per heavy atom. The van der Waals surface area contributed by atoms with Crippen molar-refractivity contribution in [1.29, 1.82) is 0 Å². The van der Waals surface area contributed by atoms with E-state index in [4.69, 9.17) is 4.74 Å². The smallest absolute Gasteiger partial charge is 0.264 e. The molecule has 0 amide bonds. The lowest BCUT2D eigenvalue weighted by molar-refractivity contribution is 0.484. The van der Waals surface area contributed by atoms with Gasteiger partial charge < -0.3 is 4.74 Å². The van der Waals surface area contributed by atoms with Crippen molar-refractivity contribution in [3.8, 4) is 22.8 Å². The molecule has 0 aliphatic carbocycles. The van der Waals surface area contributed by atoms with E-state index >= 15 is 0 Å². The molecular formula is C16H12N2O2. The zero-order valence-corrected chi connectivity index (χ0v) is 10.6. The van der Waals surface area contributed by atoms with Crippen LogP contribution in [0.3, 0.4) is 0 Å². The average Bonchev–Trinajstić information content (AvgIpc) is 2.50. The summed E-state index contributed by atoms with van der Waals surface area (Å²) in [5.74, 6) is 1.45. The molecule has 20 heavy (non-hydrogen) atoms. The molecule has 4 nitrogen and oxygen atoms in total. The molecule has 1 heterocycles. The van der Waals surface area contributed by atoms with Crippen LogP contribution in [0.4, 0.5) is 0 Å². The Balaban J connectivity index is 2.00. The van der Waals surface area contributed by atoms with Crippen molar-refractivity contribution in [3.05, 3.63) is 77.1 Å². The van der Waals surface area contributed by atoms with Crippen LogP contribution in [0.15, 0.2) is 71.5 Å². The number of nitrogens with one attached hydrogen (secondary N) is 1. The third-order valence-corrected chi connectivity index (χ3v) is 2.81. The fourth-order valence-corrected chi connectivity index (χ4v) is 1.88. The summed E-state index contributed by atoms with van der Waals surface area (Å²) in [6, 6.07) is 20.2. The van der Waals surface area contributed by atoms with E-state index in [-0.39, 0.29) is 5.56 Å². The maximum absolute atomic E-state index is 11.1. The van der Waals surface area contributed by atoms with Gasteiger partial charge in [0.25, 0.3) is 5.56 Å².